The third kappa shape index (κ3) is 10.8. The predicted octanol–water partition coefficient (Wildman–Crippen LogP) is 4.44. The van der Waals surface area contributed by atoms with Crippen LogP contribution in [-0.4, -0.2) is 71.1 Å². The van der Waals surface area contributed by atoms with Crippen LogP contribution in [0.25, 0.3) is 0 Å². The maximum atomic E-state index is 14.4. The van der Waals surface area contributed by atoms with Gasteiger partial charge in [-0.1, -0.05) is 31.0 Å². The minimum absolute atomic E-state index is 0.0209. The third-order valence-electron chi connectivity index (χ3n) is 6.21. The first-order chi connectivity index (χ1) is 18.7. The Bertz CT molecular complexity index is 1060. The van der Waals surface area contributed by atoms with E-state index >= 15 is 0 Å². The van der Waals surface area contributed by atoms with Crippen molar-refractivity contribution >= 4 is 35.6 Å². The average molecular weight is 576 g/mol. The fourth-order valence-electron chi connectivity index (χ4n) is 3.94. The molecule has 0 spiro atoms. The molecule has 9 nitrogen and oxygen atoms in total. The topological polar surface area (TPSA) is 114 Å². The highest BCUT2D eigenvalue weighted by Crippen LogP contribution is 2.34. The first-order valence-electron chi connectivity index (χ1n) is 13.5. The van der Waals surface area contributed by atoms with Gasteiger partial charge in [-0.15, -0.1) is 6.42 Å². The van der Waals surface area contributed by atoms with Crippen LogP contribution < -0.4 is 10.6 Å². The second-order valence-corrected chi connectivity index (χ2v) is 11.8. The van der Waals surface area contributed by atoms with Gasteiger partial charge >= 0.3 is 12.1 Å². The summed E-state index contributed by atoms with van der Waals surface area (Å²) in [5.74, 6) is 1.83. The van der Waals surface area contributed by atoms with Crippen LogP contribution in [0.15, 0.2) is 24.3 Å². The molecule has 10 heteroatoms. The van der Waals surface area contributed by atoms with E-state index in [1.165, 1.54) is 16.7 Å². The lowest BCUT2D eigenvalue weighted by Gasteiger charge is -2.44. The zero-order valence-corrected chi connectivity index (χ0v) is 25.9. The summed E-state index contributed by atoms with van der Waals surface area (Å²) in [7, 11) is 0. The fraction of sp³-hybridized carbons (Fsp3) is 0.600. The summed E-state index contributed by atoms with van der Waals surface area (Å²) in [6.07, 6.45) is 7.80. The highest BCUT2D eigenvalue weighted by Gasteiger charge is 2.43. The lowest BCUT2D eigenvalue weighted by molar-refractivity contribution is -0.149. The molecule has 0 aliphatic heterocycles. The van der Waals surface area contributed by atoms with Crippen LogP contribution >= 0.6 is 11.8 Å². The molecule has 2 unspecified atom stereocenters. The number of nitrogens with zero attached hydrogens (tertiary/aromatic N) is 1. The zero-order chi connectivity index (χ0) is 30.5. The number of carbonyl (C=O) groups excluding carboxylic acids is 4. The van der Waals surface area contributed by atoms with Crippen molar-refractivity contribution in [3.63, 3.8) is 0 Å². The highest BCUT2D eigenvalue weighted by atomic mass is 32.2. The van der Waals surface area contributed by atoms with E-state index in [-0.39, 0.29) is 19.6 Å². The molecule has 1 rings (SSSR count). The van der Waals surface area contributed by atoms with Crippen LogP contribution in [0.3, 0.4) is 0 Å². The number of hydrogen-bond acceptors (Lipinski definition) is 7. The van der Waals surface area contributed by atoms with Gasteiger partial charge in [0.05, 0.1) is 13.0 Å². The van der Waals surface area contributed by atoms with Crippen molar-refractivity contribution in [1.29, 1.82) is 0 Å². The normalized spacial score (nSPS) is 12.9. The van der Waals surface area contributed by atoms with Gasteiger partial charge in [0.1, 0.15) is 17.7 Å². The van der Waals surface area contributed by atoms with E-state index in [0.717, 1.165) is 0 Å². The van der Waals surface area contributed by atoms with Crippen molar-refractivity contribution in [2.45, 2.75) is 91.0 Å². The minimum atomic E-state index is -1.13. The van der Waals surface area contributed by atoms with Crippen molar-refractivity contribution in [1.82, 2.24) is 15.5 Å². The number of hydrogen-bond donors (Lipinski definition) is 2. The molecule has 0 saturated heterocycles. The second-order valence-electron chi connectivity index (χ2n) is 10.8. The lowest BCUT2D eigenvalue weighted by atomic mass is 9.90. The summed E-state index contributed by atoms with van der Waals surface area (Å²) in [5.41, 5.74) is -0.658. The fourth-order valence-corrected chi connectivity index (χ4v) is 4.41. The molecule has 0 aliphatic rings. The standard InChI is InChI=1S/C30H45N3O6S/c1-10-21-15-13-14-16-22(21)25(26(35)31-19-17-24(34)38-12-3)33(30(7,8)11-2)27(36)23(18-20-40-9)32-28(37)39-29(4,5)6/h1,13-16,23,25H,11-12,17-20H2,2-9H3,(H,31,35)(H,32,37). The summed E-state index contributed by atoms with van der Waals surface area (Å²) >= 11 is 1.53. The van der Waals surface area contributed by atoms with E-state index in [0.29, 0.717) is 29.7 Å². The van der Waals surface area contributed by atoms with Crippen LogP contribution in [-0.2, 0) is 23.9 Å². The van der Waals surface area contributed by atoms with Crippen molar-refractivity contribution < 1.29 is 28.7 Å². The van der Waals surface area contributed by atoms with Crippen LogP contribution in [0.2, 0.25) is 0 Å². The van der Waals surface area contributed by atoms with E-state index in [4.69, 9.17) is 15.9 Å². The van der Waals surface area contributed by atoms with Crippen LogP contribution in [0.5, 0.6) is 0 Å². The Morgan fingerprint density at radius 3 is 2.30 bits per heavy atom. The van der Waals surface area contributed by atoms with Crippen molar-refractivity contribution in [3.8, 4) is 12.3 Å². The molecular formula is C30H45N3O6S. The summed E-state index contributed by atoms with van der Waals surface area (Å²) in [5, 5.41) is 5.52. The number of esters is 1. The molecule has 1 aromatic carbocycles. The number of carbonyl (C=O) groups is 4. The van der Waals surface area contributed by atoms with Gasteiger partial charge in [0, 0.05) is 17.6 Å². The van der Waals surface area contributed by atoms with Crippen LogP contribution in [0, 0.1) is 12.3 Å². The van der Waals surface area contributed by atoms with Gasteiger partial charge in [-0.2, -0.15) is 11.8 Å². The SMILES string of the molecule is C#Cc1ccccc1C(C(=O)NCCC(=O)OCC)N(C(=O)C(CCSC)NC(=O)OC(C)(C)C)C(C)(C)CC. The first kappa shape index (κ1) is 34.8. The molecule has 0 radical (unpaired) electrons. The number of thioether (sulfide) groups is 1. The van der Waals surface area contributed by atoms with Crippen molar-refractivity contribution in [2.24, 2.45) is 0 Å². The predicted molar refractivity (Wildman–Crippen MR) is 159 cm³/mol. The maximum absolute atomic E-state index is 14.4. The molecule has 40 heavy (non-hydrogen) atoms. The molecule has 2 atom stereocenters. The number of nitrogens with one attached hydrogen (secondary N) is 2. The molecule has 1 aromatic rings. The molecule has 0 fully saturated rings. The molecule has 3 amide bonds. The summed E-state index contributed by atoms with van der Waals surface area (Å²) < 4.78 is 10.4. The zero-order valence-electron chi connectivity index (χ0n) is 25.1. The molecule has 0 aromatic heterocycles. The van der Waals surface area contributed by atoms with Gasteiger partial charge < -0.3 is 25.0 Å². The summed E-state index contributed by atoms with van der Waals surface area (Å²) in [4.78, 5) is 54.4. The largest absolute Gasteiger partial charge is 0.466 e. The monoisotopic (exact) mass is 575 g/mol. The van der Waals surface area contributed by atoms with Crippen molar-refractivity contribution in [3.05, 3.63) is 35.4 Å². The van der Waals surface area contributed by atoms with Gasteiger partial charge in [-0.05, 0) is 78.0 Å². The molecule has 0 bridgehead atoms. The Hall–Kier alpha value is -3.19. The number of alkyl carbamates (subject to hydrolysis) is 1. The van der Waals surface area contributed by atoms with E-state index < -0.39 is 47.1 Å². The smallest absolute Gasteiger partial charge is 0.408 e. The van der Waals surface area contributed by atoms with Crippen LogP contribution in [0.1, 0.15) is 84.9 Å². The Labute approximate surface area is 243 Å². The molecule has 2 N–H and O–H groups in total. The molecule has 222 valence electrons. The summed E-state index contributed by atoms with van der Waals surface area (Å²) in [6.45, 7) is 12.8. The molecule has 0 saturated carbocycles. The first-order valence-corrected chi connectivity index (χ1v) is 14.9. The van der Waals surface area contributed by atoms with Crippen LogP contribution in [0.4, 0.5) is 4.79 Å². The van der Waals surface area contributed by atoms with E-state index in [1.807, 2.05) is 27.0 Å². The Morgan fingerprint density at radius 2 is 1.75 bits per heavy atom. The minimum Gasteiger partial charge on any atom is -0.466 e. The van der Waals surface area contributed by atoms with Gasteiger partial charge in [-0.25, -0.2) is 4.79 Å². The van der Waals surface area contributed by atoms with Gasteiger partial charge in [0.25, 0.3) is 0 Å². The number of terminal acetylenes is 1. The lowest BCUT2D eigenvalue weighted by Crippen LogP contribution is -2.59. The quantitative estimate of drug-likeness (QED) is 0.249. The number of rotatable bonds is 14. The maximum Gasteiger partial charge on any atom is 0.408 e. The van der Waals surface area contributed by atoms with Gasteiger partial charge in [-0.3, -0.25) is 14.4 Å². The second kappa shape index (κ2) is 16.2. The number of benzene rings is 1. The van der Waals surface area contributed by atoms with Gasteiger partial charge in [0.15, 0.2) is 0 Å². The van der Waals surface area contributed by atoms with Crippen molar-refractivity contribution in [2.75, 3.05) is 25.2 Å². The molecule has 0 aliphatic carbocycles. The van der Waals surface area contributed by atoms with E-state index in [1.54, 1.807) is 52.0 Å². The number of amides is 3. The Kier molecular flexibility index (Phi) is 14.1. The Balaban J connectivity index is 3.63. The summed E-state index contributed by atoms with van der Waals surface area (Å²) in [6, 6.07) is 4.85. The Morgan fingerprint density at radius 1 is 1.10 bits per heavy atom. The third-order valence-corrected chi connectivity index (χ3v) is 6.85. The van der Waals surface area contributed by atoms with E-state index in [2.05, 4.69) is 16.6 Å². The molecular weight excluding hydrogens is 530 g/mol. The number of ether oxygens (including phenoxy) is 2. The van der Waals surface area contributed by atoms with E-state index in [9.17, 15) is 19.2 Å². The highest BCUT2D eigenvalue weighted by molar-refractivity contribution is 7.98. The molecule has 0 heterocycles. The van der Waals surface area contributed by atoms with Gasteiger partial charge in [0.2, 0.25) is 11.8 Å². The average Bonchev–Trinajstić information content (AvgIpc) is 2.88.